The average Bonchev–Trinajstić information content (AvgIpc) is 2.81. The van der Waals surface area contributed by atoms with E-state index in [4.69, 9.17) is 34.8 Å². The van der Waals surface area contributed by atoms with Gasteiger partial charge >= 0.3 is 0 Å². The number of anilines is 2. The molecule has 4 nitrogen and oxygen atoms in total. The van der Waals surface area contributed by atoms with Gasteiger partial charge in [0.2, 0.25) is 0 Å². The molecule has 0 unspecified atom stereocenters. The number of halogens is 3. The summed E-state index contributed by atoms with van der Waals surface area (Å²) in [5.41, 5.74) is 2.02. The van der Waals surface area contributed by atoms with Crippen LogP contribution in [-0.2, 0) is 9.59 Å². The van der Waals surface area contributed by atoms with Gasteiger partial charge in [-0.15, -0.1) is 0 Å². The molecule has 0 aromatic heterocycles. The third kappa shape index (κ3) is 3.45. The summed E-state index contributed by atoms with van der Waals surface area (Å²) >= 11 is 18.2. The number of benzene rings is 2. The van der Waals surface area contributed by atoms with Gasteiger partial charge in [-0.1, -0.05) is 60.8 Å². The number of rotatable bonds is 4. The number of nitrogens with zero attached hydrogens (tertiary/aromatic N) is 1. The molecule has 0 bridgehead atoms. The van der Waals surface area contributed by atoms with Crippen LogP contribution in [0.2, 0.25) is 10.0 Å². The molecule has 2 aromatic carbocycles. The largest absolute Gasteiger partial charge is 0.350 e. The van der Waals surface area contributed by atoms with Crippen molar-refractivity contribution in [2.75, 3.05) is 10.2 Å². The molecule has 2 aromatic rings. The minimum absolute atomic E-state index is 0.00463. The van der Waals surface area contributed by atoms with Crippen LogP contribution in [0.15, 0.2) is 53.2 Å². The third-order valence-corrected chi connectivity index (χ3v) is 4.93. The molecule has 1 aliphatic rings. The van der Waals surface area contributed by atoms with E-state index in [1.165, 1.54) is 12.1 Å². The first kappa shape index (κ1) is 18.8. The van der Waals surface area contributed by atoms with Gasteiger partial charge in [-0.2, -0.15) is 0 Å². The second kappa shape index (κ2) is 7.31. The first-order valence-electron chi connectivity index (χ1n) is 7.90. The Morgan fingerprint density at radius 2 is 1.58 bits per heavy atom. The summed E-state index contributed by atoms with van der Waals surface area (Å²) in [5.74, 6) is -0.846. The SMILES string of the molecule is CC(C)c1ccc(NC2=C(Cl)C(=O)N(c3cc(Cl)ccc3Cl)C2=O)cc1. The summed E-state index contributed by atoms with van der Waals surface area (Å²) in [6, 6.07) is 12.1. The molecule has 2 amide bonds. The Labute approximate surface area is 166 Å². The van der Waals surface area contributed by atoms with Crippen LogP contribution in [0.25, 0.3) is 0 Å². The van der Waals surface area contributed by atoms with E-state index in [1.54, 1.807) is 6.07 Å². The lowest BCUT2D eigenvalue weighted by Gasteiger charge is -2.17. The fourth-order valence-electron chi connectivity index (χ4n) is 2.58. The summed E-state index contributed by atoms with van der Waals surface area (Å²) in [7, 11) is 0. The molecule has 0 saturated heterocycles. The van der Waals surface area contributed by atoms with Crippen LogP contribution in [0.4, 0.5) is 11.4 Å². The summed E-state index contributed by atoms with van der Waals surface area (Å²) < 4.78 is 0. The Balaban J connectivity index is 1.90. The van der Waals surface area contributed by atoms with Crippen molar-refractivity contribution in [3.63, 3.8) is 0 Å². The molecule has 0 aliphatic carbocycles. The molecule has 26 heavy (non-hydrogen) atoms. The number of hydrogen-bond donors (Lipinski definition) is 1. The second-order valence-electron chi connectivity index (χ2n) is 6.13. The Hall–Kier alpha value is -2.01. The zero-order valence-electron chi connectivity index (χ0n) is 14.0. The maximum Gasteiger partial charge on any atom is 0.283 e. The molecule has 134 valence electrons. The molecule has 0 fully saturated rings. The molecule has 1 aliphatic heterocycles. The maximum atomic E-state index is 12.8. The van der Waals surface area contributed by atoms with Gasteiger partial charge in [0.25, 0.3) is 11.8 Å². The summed E-state index contributed by atoms with van der Waals surface area (Å²) in [6.45, 7) is 4.18. The lowest BCUT2D eigenvalue weighted by molar-refractivity contribution is -0.120. The highest BCUT2D eigenvalue weighted by molar-refractivity contribution is 6.54. The molecular weight excluding hydrogens is 395 g/mol. The molecular formula is C19H15Cl3N2O2. The molecule has 1 heterocycles. The highest BCUT2D eigenvalue weighted by Gasteiger charge is 2.39. The molecule has 1 N–H and O–H groups in total. The lowest BCUT2D eigenvalue weighted by Crippen LogP contribution is -2.32. The van der Waals surface area contributed by atoms with E-state index < -0.39 is 11.8 Å². The van der Waals surface area contributed by atoms with Gasteiger partial charge in [0.05, 0.1) is 10.7 Å². The maximum absolute atomic E-state index is 12.8. The van der Waals surface area contributed by atoms with Crippen molar-refractivity contribution in [2.45, 2.75) is 19.8 Å². The van der Waals surface area contributed by atoms with E-state index >= 15 is 0 Å². The van der Waals surface area contributed by atoms with E-state index in [2.05, 4.69) is 19.2 Å². The number of amides is 2. The van der Waals surface area contributed by atoms with E-state index in [1.807, 2.05) is 24.3 Å². The van der Waals surface area contributed by atoms with Gasteiger partial charge in [0, 0.05) is 10.7 Å². The van der Waals surface area contributed by atoms with Crippen molar-refractivity contribution >= 4 is 58.0 Å². The molecule has 0 radical (unpaired) electrons. The normalized spacial score (nSPS) is 14.6. The van der Waals surface area contributed by atoms with Gasteiger partial charge in [-0.25, -0.2) is 4.90 Å². The third-order valence-electron chi connectivity index (χ3n) is 4.02. The first-order chi connectivity index (χ1) is 12.3. The molecule has 7 heteroatoms. The second-order valence-corrected chi connectivity index (χ2v) is 7.35. The van der Waals surface area contributed by atoms with Crippen molar-refractivity contribution in [1.29, 1.82) is 0 Å². The monoisotopic (exact) mass is 408 g/mol. The van der Waals surface area contributed by atoms with Crippen molar-refractivity contribution in [2.24, 2.45) is 0 Å². The Bertz CT molecular complexity index is 921. The van der Waals surface area contributed by atoms with Crippen molar-refractivity contribution in [3.05, 3.63) is 68.8 Å². The Morgan fingerprint density at radius 3 is 2.19 bits per heavy atom. The Kier molecular flexibility index (Phi) is 5.28. The average molecular weight is 410 g/mol. The van der Waals surface area contributed by atoms with E-state index in [0.717, 1.165) is 10.5 Å². The van der Waals surface area contributed by atoms with Gasteiger partial charge in [0.15, 0.2) is 0 Å². The van der Waals surface area contributed by atoms with Crippen LogP contribution in [0.1, 0.15) is 25.3 Å². The van der Waals surface area contributed by atoms with Crippen molar-refractivity contribution in [3.8, 4) is 0 Å². The van der Waals surface area contributed by atoms with Crippen molar-refractivity contribution < 1.29 is 9.59 Å². The quantitative estimate of drug-likeness (QED) is 0.673. The summed E-state index contributed by atoms with van der Waals surface area (Å²) in [5, 5.41) is 3.31. The van der Waals surface area contributed by atoms with Crippen LogP contribution in [0.5, 0.6) is 0 Å². The minimum Gasteiger partial charge on any atom is -0.350 e. The van der Waals surface area contributed by atoms with Gasteiger partial charge < -0.3 is 5.32 Å². The fraction of sp³-hybridized carbons (Fsp3) is 0.158. The van der Waals surface area contributed by atoms with E-state index in [-0.39, 0.29) is 21.4 Å². The zero-order chi connectivity index (χ0) is 19.0. The Morgan fingerprint density at radius 1 is 0.923 bits per heavy atom. The summed E-state index contributed by atoms with van der Waals surface area (Å²) in [6.07, 6.45) is 0. The highest BCUT2D eigenvalue weighted by Crippen LogP contribution is 2.35. The van der Waals surface area contributed by atoms with Crippen LogP contribution in [-0.4, -0.2) is 11.8 Å². The topological polar surface area (TPSA) is 49.4 Å². The molecule has 0 atom stereocenters. The van der Waals surface area contributed by atoms with Crippen LogP contribution in [0.3, 0.4) is 0 Å². The smallest absolute Gasteiger partial charge is 0.283 e. The van der Waals surface area contributed by atoms with Crippen LogP contribution in [0, 0.1) is 0 Å². The number of hydrogen-bond acceptors (Lipinski definition) is 3. The minimum atomic E-state index is -0.651. The summed E-state index contributed by atoms with van der Waals surface area (Å²) in [4.78, 5) is 26.2. The number of carbonyl (C=O) groups excluding carboxylic acids is 2. The predicted octanol–water partition coefficient (Wildman–Crippen LogP) is 5.55. The number of nitrogens with one attached hydrogen (secondary N) is 1. The fourth-order valence-corrected chi connectivity index (χ4v) is 3.16. The van der Waals surface area contributed by atoms with Gasteiger partial charge in [-0.05, 0) is 41.8 Å². The number of imide groups is 1. The molecule has 0 saturated carbocycles. The van der Waals surface area contributed by atoms with Gasteiger partial charge in [-0.3, -0.25) is 9.59 Å². The predicted molar refractivity (Wildman–Crippen MR) is 106 cm³/mol. The number of carbonyl (C=O) groups is 2. The van der Waals surface area contributed by atoms with E-state index in [9.17, 15) is 9.59 Å². The molecule has 0 spiro atoms. The lowest BCUT2D eigenvalue weighted by atomic mass is 10.0. The van der Waals surface area contributed by atoms with E-state index in [0.29, 0.717) is 16.6 Å². The van der Waals surface area contributed by atoms with Crippen LogP contribution >= 0.6 is 34.8 Å². The van der Waals surface area contributed by atoms with Gasteiger partial charge in [0.1, 0.15) is 10.7 Å². The van der Waals surface area contributed by atoms with Crippen molar-refractivity contribution in [1.82, 2.24) is 0 Å². The highest BCUT2D eigenvalue weighted by atomic mass is 35.5. The van der Waals surface area contributed by atoms with Crippen LogP contribution < -0.4 is 10.2 Å². The standard InChI is InChI=1S/C19H15Cl3N2O2/c1-10(2)11-3-6-13(7-4-11)23-17-16(22)18(25)24(19(17)26)15-9-12(20)5-8-14(15)21/h3-10,23H,1-2H3. The first-order valence-corrected chi connectivity index (χ1v) is 9.03. The molecule has 3 rings (SSSR count). The zero-order valence-corrected chi connectivity index (χ0v) is 16.3.